The maximum absolute atomic E-state index is 5.64. The van der Waals surface area contributed by atoms with Crippen molar-refractivity contribution in [2.24, 2.45) is 0 Å². The van der Waals surface area contributed by atoms with Crippen molar-refractivity contribution < 1.29 is 4.74 Å². The second-order valence-corrected chi connectivity index (χ2v) is 3.64. The molecule has 1 aromatic heterocycles. The number of hydrogen-bond acceptors (Lipinski definition) is 4. The van der Waals surface area contributed by atoms with Crippen LogP contribution >= 0.6 is 0 Å². The zero-order valence-electron chi connectivity index (χ0n) is 8.23. The van der Waals surface area contributed by atoms with Crippen LogP contribution in [0.5, 0.6) is 0 Å². The quantitative estimate of drug-likeness (QED) is 0.758. The number of anilines is 2. The molecule has 0 spiro atoms. The Morgan fingerprint density at radius 3 is 3.00 bits per heavy atom. The van der Waals surface area contributed by atoms with Crippen molar-refractivity contribution in [1.29, 1.82) is 0 Å². The van der Waals surface area contributed by atoms with Crippen LogP contribution in [0.3, 0.4) is 0 Å². The number of ether oxygens (including phenoxy) is 1. The van der Waals surface area contributed by atoms with Gasteiger partial charge in [-0.15, -0.1) is 0 Å². The Kier molecular flexibility index (Phi) is 2.54. The summed E-state index contributed by atoms with van der Waals surface area (Å²) in [4.78, 5) is 4.18. The molecule has 2 rings (SSSR count). The van der Waals surface area contributed by atoms with Crippen molar-refractivity contribution in [3.63, 3.8) is 0 Å². The third-order valence-electron chi connectivity index (χ3n) is 2.56. The Morgan fingerprint density at radius 1 is 1.57 bits per heavy atom. The number of methoxy groups -OCH3 is 1. The van der Waals surface area contributed by atoms with E-state index in [9.17, 15) is 0 Å². The average molecular weight is 193 g/mol. The van der Waals surface area contributed by atoms with Crippen LogP contribution in [0.2, 0.25) is 0 Å². The molecule has 0 radical (unpaired) electrons. The number of pyridine rings is 1. The highest BCUT2D eigenvalue weighted by Gasteiger charge is 2.28. The van der Waals surface area contributed by atoms with Gasteiger partial charge in [-0.25, -0.2) is 4.98 Å². The van der Waals surface area contributed by atoms with Crippen molar-refractivity contribution in [3.05, 3.63) is 18.3 Å². The van der Waals surface area contributed by atoms with Crippen molar-refractivity contribution >= 4 is 11.5 Å². The van der Waals surface area contributed by atoms with Gasteiger partial charge in [0.15, 0.2) is 0 Å². The molecule has 1 fully saturated rings. The topological polar surface area (TPSA) is 60.2 Å². The highest BCUT2D eigenvalue weighted by atomic mass is 16.5. The van der Waals surface area contributed by atoms with E-state index in [-0.39, 0.29) is 0 Å². The van der Waals surface area contributed by atoms with E-state index < -0.39 is 0 Å². The average Bonchev–Trinajstić information content (AvgIpc) is 2.10. The Bertz CT molecular complexity index is 310. The fourth-order valence-electron chi connectivity index (χ4n) is 1.61. The van der Waals surface area contributed by atoms with Gasteiger partial charge >= 0.3 is 0 Å². The minimum Gasteiger partial charge on any atom is -0.399 e. The number of aromatic nitrogens is 1. The molecule has 0 saturated heterocycles. The first-order chi connectivity index (χ1) is 6.78. The predicted octanol–water partition coefficient (Wildman–Crippen LogP) is 1.25. The van der Waals surface area contributed by atoms with E-state index >= 15 is 0 Å². The maximum atomic E-state index is 5.64. The lowest BCUT2D eigenvalue weighted by Gasteiger charge is -2.34. The van der Waals surface area contributed by atoms with Crippen molar-refractivity contribution in [3.8, 4) is 0 Å². The first-order valence-corrected chi connectivity index (χ1v) is 4.79. The second-order valence-electron chi connectivity index (χ2n) is 3.64. The number of hydrogen-bond donors (Lipinski definition) is 2. The van der Waals surface area contributed by atoms with Crippen LogP contribution < -0.4 is 11.1 Å². The summed E-state index contributed by atoms with van der Waals surface area (Å²) in [5.74, 6) is 0.851. The smallest absolute Gasteiger partial charge is 0.128 e. The summed E-state index contributed by atoms with van der Waals surface area (Å²) in [7, 11) is 1.75. The third-order valence-corrected chi connectivity index (χ3v) is 2.56. The molecule has 0 aromatic carbocycles. The van der Waals surface area contributed by atoms with E-state index in [1.807, 2.05) is 6.07 Å². The number of nitrogen functional groups attached to an aromatic ring is 1. The Morgan fingerprint density at radius 2 is 2.36 bits per heavy atom. The van der Waals surface area contributed by atoms with Crippen LogP contribution in [0.1, 0.15) is 12.8 Å². The minimum atomic E-state index is 0.411. The minimum absolute atomic E-state index is 0.411. The van der Waals surface area contributed by atoms with Crippen molar-refractivity contribution in [2.45, 2.75) is 25.0 Å². The van der Waals surface area contributed by atoms with E-state index in [4.69, 9.17) is 10.5 Å². The molecule has 1 saturated carbocycles. The molecule has 76 valence electrons. The molecular formula is C10H15N3O. The number of rotatable bonds is 3. The second kappa shape index (κ2) is 3.84. The molecule has 1 aromatic rings. The first-order valence-electron chi connectivity index (χ1n) is 4.79. The van der Waals surface area contributed by atoms with E-state index in [0.717, 1.165) is 24.3 Å². The highest BCUT2D eigenvalue weighted by molar-refractivity contribution is 5.49. The molecule has 1 aliphatic rings. The zero-order valence-corrected chi connectivity index (χ0v) is 8.23. The summed E-state index contributed by atoms with van der Waals surface area (Å²) in [6.07, 6.45) is 4.22. The SMILES string of the molecule is COC1CC(Nc2cc(N)ccn2)C1. The molecule has 14 heavy (non-hydrogen) atoms. The number of nitrogens with one attached hydrogen (secondary N) is 1. The van der Waals surface area contributed by atoms with Crippen LogP contribution in [0.15, 0.2) is 18.3 Å². The van der Waals surface area contributed by atoms with Crippen LogP contribution in [-0.4, -0.2) is 24.2 Å². The van der Waals surface area contributed by atoms with Gasteiger partial charge in [0.1, 0.15) is 5.82 Å². The third kappa shape index (κ3) is 1.96. The largest absolute Gasteiger partial charge is 0.399 e. The number of nitrogens with zero attached hydrogens (tertiary/aromatic N) is 1. The van der Waals surface area contributed by atoms with E-state index in [1.165, 1.54) is 0 Å². The summed E-state index contributed by atoms with van der Waals surface area (Å²) in [6, 6.07) is 4.11. The number of nitrogens with two attached hydrogens (primary N) is 1. The summed E-state index contributed by atoms with van der Waals surface area (Å²) >= 11 is 0. The van der Waals surface area contributed by atoms with Crippen molar-refractivity contribution in [1.82, 2.24) is 4.98 Å². The van der Waals surface area contributed by atoms with Crippen LogP contribution in [-0.2, 0) is 4.74 Å². The standard InChI is InChI=1S/C10H15N3O/c1-14-9-5-8(6-9)13-10-4-7(11)2-3-12-10/h2-4,8-9H,5-6H2,1H3,(H3,11,12,13). The zero-order chi connectivity index (χ0) is 9.97. The highest BCUT2D eigenvalue weighted by Crippen LogP contribution is 2.25. The molecule has 0 atom stereocenters. The lowest BCUT2D eigenvalue weighted by atomic mass is 9.89. The van der Waals surface area contributed by atoms with Gasteiger partial charge in [0.05, 0.1) is 6.10 Å². The summed E-state index contributed by atoms with van der Waals surface area (Å²) in [5, 5.41) is 3.31. The van der Waals surface area contributed by atoms with Crippen molar-refractivity contribution in [2.75, 3.05) is 18.2 Å². The normalized spacial score (nSPS) is 25.5. The Balaban J connectivity index is 1.87. The molecule has 0 unspecified atom stereocenters. The van der Waals surface area contributed by atoms with E-state index in [1.54, 1.807) is 19.4 Å². The lowest BCUT2D eigenvalue weighted by molar-refractivity contribution is 0.0328. The fourth-order valence-corrected chi connectivity index (χ4v) is 1.61. The van der Waals surface area contributed by atoms with E-state index in [2.05, 4.69) is 10.3 Å². The molecule has 0 bridgehead atoms. The Hall–Kier alpha value is -1.29. The summed E-state index contributed by atoms with van der Waals surface area (Å²) in [6.45, 7) is 0. The summed E-state index contributed by atoms with van der Waals surface area (Å²) in [5.41, 5.74) is 6.38. The predicted molar refractivity (Wildman–Crippen MR) is 56.1 cm³/mol. The Labute approximate surface area is 83.5 Å². The molecule has 0 aliphatic heterocycles. The van der Waals surface area contributed by atoms with Crippen LogP contribution in [0.4, 0.5) is 11.5 Å². The van der Waals surface area contributed by atoms with Gasteiger partial charge in [-0.2, -0.15) is 0 Å². The molecular weight excluding hydrogens is 178 g/mol. The van der Waals surface area contributed by atoms with Gasteiger partial charge in [-0.1, -0.05) is 0 Å². The lowest BCUT2D eigenvalue weighted by Crippen LogP contribution is -2.40. The monoisotopic (exact) mass is 193 g/mol. The fraction of sp³-hybridized carbons (Fsp3) is 0.500. The van der Waals surface area contributed by atoms with Gasteiger partial charge in [-0.3, -0.25) is 0 Å². The molecule has 1 heterocycles. The molecule has 0 amide bonds. The van der Waals surface area contributed by atoms with Gasteiger partial charge in [0.25, 0.3) is 0 Å². The van der Waals surface area contributed by atoms with Crippen LogP contribution in [0, 0.1) is 0 Å². The maximum Gasteiger partial charge on any atom is 0.128 e. The molecule has 3 N–H and O–H groups in total. The molecule has 1 aliphatic carbocycles. The van der Waals surface area contributed by atoms with Gasteiger partial charge in [0, 0.05) is 31.1 Å². The first kappa shape index (κ1) is 9.27. The van der Waals surface area contributed by atoms with Gasteiger partial charge < -0.3 is 15.8 Å². The molecule has 4 heteroatoms. The van der Waals surface area contributed by atoms with Crippen LogP contribution in [0.25, 0.3) is 0 Å². The van der Waals surface area contributed by atoms with Gasteiger partial charge in [0.2, 0.25) is 0 Å². The van der Waals surface area contributed by atoms with E-state index in [0.29, 0.717) is 12.1 Å². The van der Waals surface area contributed by atoms with Gasteiger partial charge in [-0.05, 0) is 18.9 Å². The molecule has 4 nitrogen and oxygen atoms in total. The summed E-state index contributed by atoms with van der Waals surface area (Å²) < 4.78 is 5.19.